The molecule has 114 valence electrons. The van der Waals surface area contributed by atoms with Crippen LogP contribution in [0, 0.1) is 5.92 Å². The maximum absolute atomic E-state index is 11.8. The molecule has 1 atom stereocenters. The van der Waals surface area contributed by atoms with Gasteiger partial charge in [0.1, 0.15) is 5.82 Å². The summed E-state index contributed by atoms with van der Waals surface area (Å²) >= 11 is 0. The molecule has 1 saturated heterocycles. The number of aromatic nitrogens is 1. The van der Waals surface area contributed by atoms with Gasteiger partial charge in [0.2, 0.25) is 0 Å². The molecule has 1 N–H and O–H groups in total. The molecule has 6 heteroatoms. The van der Waals surface area contributed by atoms with Crippen molar-refractivity contribution in [2.45, 2.75) is 19.3 Å². The van der Waals surface area contributed by atoms with Crippen LogP contribution in [-0.2, 0) is 4.79 Å². The number of amides is 1. The lowest BCUT2D eigenvalue weighted by Gasteiger charge is -2.18. The summed E-state index contributed by atoms with van der Waals surface area (Å²) < 4.78 is 0. The number of pyridine rings is 1. The lowest BCUT2D eigenvalue weighted by molar-refractivity contribution is -0.137. The molecule has 0 bridgehead atoms. The fourth-order valence-electron chi connectivity index (χ4n) is 2.56. The van der Waals surface area contributed by atoms with Crippen molar-refractivity contribution in [1.82, 2.24) is 9.88 Å². The first-order chi connectivity index (χ1) is 9.97. The molecule has 1 aromatic rings. The highest BCUT2D eigenvalue weighted by molar-refractivity contribution is 5.93. The molecule has 6 nitrogen and oxygen atoms in total. The predicted octanol–water partition coefficient (Wildman–Crippen LogP) is 1.47. The van der Waals surface area contributed by atoms with Crippen LogP contribution >= 0.6 is 0 Å². The largest absolute Gasteiger partial charge is 0.481 e. The molecule has 0 saturated carbocycles. The van der Waals surface area contributed by atoms with Gasteiger partial charge in [-0.15, -0.1) is 0 Å². The van der Waals surface area contributed by atoms with Gasteiger partial charge < -0.3 is 14.9 Å². The van der Waals surface area contributed by atoms with Crippen LogP contribution in [-0.4, -0.2) is 54.1 Å². The number of anilines is 1. The molecule has 1 aliphatic heterocycles. The molecule has 1 unspecified atom stereocenters. The van der Waals surface area contributed by atoms with Crippen LogP contribution in [0.5, 0.6) is 0 Å². The van der Waals surface area contributed by atoms with E-state index in [2.05, 4.69) is 9.88 Å². The molecule has 1 fully saturated rings. The van der Waals surface area contributed by atoms with E-state index >= 15 is 0 Å². The van der Waals surface area contributed by atoms with Crippen molar-refractivity contribution in [3.05, 3.63) is 23.9 Å². The van der Waals surface area contributed by atoms with Crippen LogP contribution in [0.1, 0.15) is 29.6 Å². The van der Waals surface area contributed by atoms with Crippen LogP contribution in [0.3, 0.4) is 0 Å². The minimum absolute atomic E-state index is 0.0604. The lowest BCUT2D eigenvalue weighted by atomic mass is 10.0. The first kappa shape index (κ1) is 15.3. The normalized spacial score (nSPS) is 17.8. The summed E-state index contributed by atoms with van der Waals surface area (Å²) in [6, 6.07) is 3.64. The molecular weight excluding hydrogens is 270 g/mol. The first-order valence-corrected chi connectivity index (χ1v) is 7.12. The van der Waals surface area contributed by atoms with Gasteiger partial charge >= 0.3 is 5.97 Å². The molecular formula is C15H21N3O3. The van der Waals surface area contributed by atoms with Crippen molar-refractivity contribution in [2.75, 3.05) is 32.1 Å². The third-order valence-corrected chi connectivity index (χ3v) is 3.78. The third-order valence-electron chi connectivity index (χ3n) is 3.78. The molecule has 0 radical (unpaired) electrons. The highest BCUT2D eigenvalue weighted by atomic mass is 16.4. The molecule has 0 aliphatic carbocycles. The van der Waals surface area contributed by atoms with Crippen LogP contribution in [0.15, 0.2) is 18.3 Å². The number of carboxylic acids is 1. The van der Waals surface area contributed by atoms with Gasteiger partial charge in [-0.3, -0.25) is 9.59 Å². The van der Waals surface area contributed by atoms with E-state index in [4.69, 9.17) is 5.11 Å². The molecule has 0 spiro atoms. The van der Waals surface area contributed by atoms with Crippen molar-refractivity contribution >= 4 is 17.7 Å². The second kappa shape index (κ2) is 6.56. The first-order valence-electron chi connectivity index (χ1n) is 7.12. The predicted molar refractivity (Wildman–Crippen MR) is 79.4 cm³/mol. The quantitative estimate of drug-likeness (QED) is 0.889. The molecule has 2 rings (SSSR count). The molecule has 2 heterocycles. The monoisotopic (exact) mass is 291 g/mol. The summed E-state index contributed by atoms with van der Waals surface area (Å²) in [7, 11) is 3.42. The standard InChI is InChI=1S/C15H21N3O3/c1-17(2)15(21)12-4-5-13(16-9-12)18-8-7-11(10-18)3-6-14(19)20/h4-5,9,11H,3,6-8,10H2,1-2H3,(H,19,20). The summed E-state index contributed by atoms with van der Waals surface area (Å²) in [5.74, 6) is 0.460. The molecule has 21 heavy (non-hydrogen) atoms. The van der Waals surface area contributed by atoms with E-state index in [0.717, 1.165) is 25.3 Å². The Labute approximate surface area is 124 Å². The topological polar surface area (TPSA) is 73.7 Å². The number of aliphatic carboxylic acids is 1. The van der Waals surface area contributed by atoms with E-state index in [1.165, 1.54) is 4.90 Å². The maximum atomic E-state index is 11.8. The number of hydrogen-bond donors (Lipinski definition) is 1. The Hall–Kier alpha value is -2.11. The van der Waals surface area contributed by atoms with E-state index in [0.29, 0.717) is 17.9 Å². The molecule has 1 amide bonds. The highest BCUT2D eigenvalue weighted by Crippen LogP contribution is 2.25. The van der Waals surface area contributed by atoms with Crippen molar-refractivity contribution in [3.63, 3.8) is 0 Å². The molecule has 1 aliphatic rings. The van der Waals surface area contributed by atoms with Gasteiger partial charge in [0.25, 0.3) is 5.91 Å². The average molecular weight is 291 g/mol. The second-order valence-electron chi connectivity index (χ2n) is 5.64. The van der Waals surface area contributed by atoms with Gasteiger partial charge in [-0.05, 0) is 30.9 Å². The Kier molecular flexibility index (Phi) is 4.77. The number of rotatable bonds is 5. The zero-order chi connectivity index (χ0) is 15.4. The smallest absolute Gasteiger partial charge is 0.303 e. The number of carbonyl (C=O) groups excluding carboxylic acids is 1. The zero-order valence-electron chi connectivity index (χ0n) is 12.5. The Morgan fingerprint density at radius 2 is 2.19 bits per heavy atom. The average Bonchev–Trinajstić information content (AvgIpc) is 2.93. The minimum Gasteiger partial charge on any atom is -0.481 e. The van der Waals surface area contributed by atoms with Gasteiger partial charge in [-0.2, -0.15) is 0 Å². The fraction of sp³-hybridized carbons (Fsp3) is 0.533. The van der Waals surface area contributed by atoms with Crippen LogP contribution < -0.4 is 4.90 Å². The van der Waals surface area contributed by atoms with Gasteiger partial charge in [-0.25, -0.2) is 4.98 Å². The summed E-state index contributed by atoms with van der Waals surface area (Å²) in [6.45, 7) is 1.72. The van der Waals surface area contributed by atoms with Crippen LogP contribution in [0.2, 0.25) is 0 Å². The summed E-state index contributed by atoms with van der Waals surface area (Å²) in [4.78, 5) is 30.4. The summed E-state index contributed by atoms with van der Waals surface area (Å²) in [5, 5.41) is 8.72. The van der Waals surface area contributed by atoms with Gasteiger partial charge in [-0.1, -0.05) is 0 Å². The Balaban J connectivity index is 1.94. The van der Waals surface area contributed by atoms with Crippen LogP contribution in [0.25, 0.3) is 0 Å². The van der Waals surface area contributed by atoms with Crippen molar-refractivity contribution in [2.24, 2.45) is 5.92 Å². The molecule has 0 aromatic carbocycles. The van der Waals surface area contributed by atoms with E-state index < -0.39 is 5.97 Å². The Morgan fingerprint density at radius 1 is 1.43 bits per heavy atom. The molecule has 1 aromatic heterocycles. The summed E-state index contributed by atoms with van der Waals surface area (Å²) in [5.41, 5.74) is 0.574. The SMILES string of the molecule is CN(C)C(=O)c1ccc(N2CCC(CCC(=O)O)C2)nc1. The van der Waals surface area contributed by atoms with E-state index in [-0.39, 0.29) is 12.3 Å². The Morgan fingerprint density at radius 3 is 2.76 bits per heavy atom. The fourth-order valence-corrected chi connectivity index (χ4v) is 2.56. The van der Waals surface area contributed by atoms with E-state index in [1.807, 2.05) is 6.07 Å². The number of carbonyl (C=O) groups is 2. The number of nitrogens with zero attached hydrogens (tertiary/aromatic N) is 3. The zero-order valence-corrected chi connectivity index (χ0v) is 12.5. The van der Waals surface area contributed by atoms with E-state index in [1.54, 1.807) is 26.4 Å². The van der Waals surface area contributed by atoms with Crippen LogP contribution in [0.4, 0.5) is 5.82 Å². The van der Waals surface area contributed by atoms with Gasteiger partial charge in [0, 0.05) is 39.8 Å². The number of hydrogen-bond acceptors (Lipinski definition) is 4. The highest BCUT2D eigenvalue weighted by Gasteiger charge is 2.24. The van der Waals surface area contributed by atoms with Crippen molar-refractivity contribution < 1.29 is 14.7 Å². The Bertz CT molecular complexity index is 513. The third kappa shape index (κ3) is 3.93. The van der Waals surface area contributed by atoms with Crippen molar-refractivity contribution in [1.29, 1.82) is 0 Å². The van der Waals surface area contributed by atoms with Gasteiger partial charge in [0.15, 0.2) is 0 Å². The second-order valence-corrected chi connectivity index (χ2v) is 5.64. The minimum atomic E-state index is -0.738. The number of carboxylic acid groups (broad SMARTS) is 1. The summed E-state index contributed by atoms with van der Waals surface area (Å²) in [6.07, 6.45) is 3.53. The lowest BCUT2D eigenvalue weighted by Crippen LogP contribution is -2.23. The van der Waals surface area contributed by atoms with E-state index in [9.17, 15) is 9.59 Å². The van der Waals surface area contributed by atoms with Gasteiger partial charge in [0.05, 0.1) is 5.56 Å². The maximum Gasteiger partial charge on any atom is 0.303 e. The van der Waals surface area contributed by atoms with Crippen molar-refractivity contribution in [3.8, 4) is 0 Å².